The van der Waals surface area contributed by atoms with Gasteiger partial charge in [0.1, 0.15) is 5.54 Å². The Labute approximate surface area is 139 Å². The lowest BCUT2D eigenvalue weighted by Crippen LogP contribution is -2.57. The second-order valence-corrected chi connectivity index (χ2v) is 7.32. The first-order valence-corrected chi connectivity index (χ1v) is 9.06. The Hall–Kier alpha value is -0.625. The van der Waals surface area contributed by atoms with E-state index in [1.807, 2.05) is 0 Å². The minimum atomic E-state index is -1.32. The van der Waals surface area contributed by atoms with E-state index < -0.39 is 18.6 Å². The SMILES string of the molecule is NC(CCCCB(O)O)(C(=O)O)C1CCN(C2CCCC2)CC1. The van der Waals surface area contributed by atoms with Crippen molar-refractivity contribution in [2.24, 2.45) is 11.7 Å². The first-order valence-electron chi connectivity index (χ1n) is 9.06. The summed E-state index contributed by atoms with van der Waals surface area (Å²) >= 11 is 0. The third-order valence-electron chi connectivity index (χ3n) is 5.80. The van der Waals surface area contributed by atoms with Gasteiger partial charge in [-0.15, -0.1) is 0 Å². The Morgan fingerprint density at radius 3 is 2.26 bits per heavy atom. The van der Waals surface area contributed by atoms with E-state index in [9.17, 15) is 9.90 Å². The Kier molecular flexibility index (Phi) is 6.89. The maximum Gasteiger partial charge on any atom is 0.451 e. The molecule has 1 aliphatic heterocycles. The molecule has 1 saturated heterocycles. The summed E-state index contributed by atoms with van der Waals surface area (Å²) < 4.78 is 0. The molecule has 0 aromatic heterocycles. The zero-order valence-electron chi connectivity index (χ0n) is 14.0. The summed E-state index contributed by atoms with van der Waals surface area (Å²) in [5, 5.41) is 27.4. The van der Waals surface area contributed by atoms with Gasteiger partial charge in [-0.05, 0) is 57.4 Å². The molecular formula is C16H31BN2O4. The Bertz CT molecular complexity index is 382. The van der Waals surface area contributed by atoms with Crippen LogP contribution >= 0.6 is 0 Å². The lowest BCUT2D eigenvalue weighted by molar-refractivity contribution is -0.147. The smallest absolute Gasteiger partial charge is 0.451 e. The van der Waals surface area contributed by atoms with E-state index in [1.165, 1.54) is 25.7 Å². The number of likely N-dealkylation sites (tertiary alicyclic amines) is 1. The van der Waals surface area contributed by atoms with Gasteiger partial charge in [0.05, 0.1) is 0 Å². The molecule has 1 heterocycles. The van der Waals surface area contributed by atoms with Gasteiger partial charge in [-0.1, -0.05) is 25.7 Å². The van der Waals surface area contributed by atoms with Gasteiger partial charge >= 0.3 is 13.1 Å². The van der Waals surface area contributed by atoms with Gasteiger partial charge in [-0.2, -0.15) is 0 Å². The van der Waals surface area contributed by atoms with Crippen molar-refractivity contribution in [3.05, 3.63) is 0 Å². The maximum absolute atomic E-state index is 11.7. The van der Waals surface area contributed by atoms with Crippen LogP contribution in [0.5, 0.6) is 0 Å². The van der Waals surface area contributed by atoms with Crippen LogP contribution < -0.4 is 5.73 Å². The molecule has 2 rings (SSSR count). The second kappa shape index (κ2) is 8.47. The number of hydrogen-bond acceptors (Lipinski definition) is 5. The molecule has 0 aromatic rings. The second-order valence-electron chi connectivity index (χ2n) is 7.32. The molecular weight excluding hydrogens is 295 g/mol. The van der Waals surface area contributed by atoms with E-state index in [4.69, 9.17) is 15.8 Å². The average molecular weight is 326 g/mol. The summed E-state index contributed by atoms with van der Waals surface area (Å²) in [4.78, 5) is 14.3. The van der Waals surface area contributed by atoms with Gasteiger partial charge < -0.3 is 25.8 Å². The Balaban J connectivity index is 1.84. The molecule has 0 amide bonds. The van der Waals surface area contributed by atoms with Crippen molar-refractivity contribution in [1.82, 2.24) is 4.90 Å². The van der Waals surface area contributed by atoms with E-state index in [2.05, 4.69) is 4.90 Å². The van der Waals surface area contributed by atoms with Gasteiger partial charge in [0.2, 0.25) is 0 Å². The van der Waals surface area contributed by atoms with Gasteiger partial charge in [-0.25, -0.2) is 0 Å². The first-order chi connectivity index (χ1) is 10.9. The lowest BCUT2D eigenvalue weighted by Gasteiger charge is -2.42. The van der Waals surface area contributed by atoms with Crippen LogP contribution in [-0.2, 0) is 4.79 Å². The summed E-state index contributed by atoms with van der Waals surface area (Å²) in [6, 6.07) is 0.694. The summed E-state index contributed by atoms with van der Waals surface area (Å²) in [7, 11) is -1.32. The molecule has 7 heteroatoms. The standard InChI is InChI=1S/C16H31BN2O4/c18-16(15(20)21,9-3-4-10-17(22)23)13-7-11-19(12-8-13)14-5-1-2-6-14/h13-14,22-23H,1-12,18H2,(H,20,21). The molecule has 2 fully saturated rings. The predicted octanol–water partition coefficient (Wildman–Crippen LogP) is 1.07. The normalized spacial score (nSPS) is 23.8. The number of unbranched alkanes of at least 4 members (excludes halogenated alkanes) is 1. The number of hydrogen-bond donors (Lipinski definition) is 4. The zero-order valence-corrected chi connectivity index (χ0v) is 14.0. The van der Waals surface area contributed by atoms with E-state index in [0.29, 0.717) is 25.3 Å². The third-order valence-corrected chi connectivity index (χ3v) is 5.80. The summed E-state index contributed by atoms with van der Waals surface area (Å²) in [5.74, 6) is -0.905. The highest BCUT2D eigenvalue weighted by molar-refractivity contribution is 6.40. The van der Waals surface area contributed by atoms with E-state index >= 15 is 0 Å². The van der Waals surface area contributed by atoms with Gasteiger partial charge in [-0.3, -0.25) is 4.79 Å². The van der Waals surface area contributed by atoms with Crippen molar-refractivity contribution >= 4 is 13.1 Å². The highest BCUT2D eigenvalue weighted by Crippen LogP contribution is 2.34. The van der Waals surface area contributed by atoms with E-state index in [-0.39, 0.29) is 12.2 Å². The lowest BCUT2D eigenvalue weighted by atomic mass is 9.74. The molecule has 0 bridgehead atoms. The predicted molar refractivity (Wildman–Crippen MR) is 90.0 cm³/mol. The monoisotopic (exact) mass is 326 g/mol. The van der Waals surface area contributed by atoms with Gasteiger partial charge in [0.15, 0.2) is 0 Å². The largest absolute Gasteiger partial charge is 0.480 e. The van der Waals surface area contributed by atoms with Crippen molar-refractivity contribution in [2.45, 2.75) is 75.7 Å². The van der Waals surface area contributed by atoms with Crippen LogP contribution in [-0.4, -0.2) is 57.8 Å². The number of nitrogens with two attached hydrogens (primary N) is 1. The Morgan fingerprint density at radius 1 is 1.13 bits per heavy atom. The fourth-order valence-electron chi connectivity index (χ4n) is 4.28. The number of piperidine rings is 1. The quantitative estimate of drug-likeness (QED) is 0.393. The number of aliphatic carboxylic acids is 1. The van der Waals surface area contributed by atoms with Crippen molar-refractivity contribution in [3.63, 3.8) is 0 Å². The molecule has 6 nitrogen and oxygen atoms in total. The highest BCUT2D eigenvalue weighted by Gasteiger charge is 2.43. The van der Waals surface area contributed by atoms with Crippen molar-refractivity contribution in [2.75, 3.05) is 13.1 Å². The van der Waals surface area contributed by atoms with Crippen LogP contribution in [0.25, 0.3) is 0 Å². The van der Waals surface area contributed by atoms with Crippen molar-refractivity contribution in [1.29, 1.82) is 0 Å². The number of rotatable bonds is 8. The third kappa shape index (κ3) is 4.92. The molecule has 5 N–H and O–H groups in total. The van der Waals surface area contributed by atoms with Crippen LogP contribution in [0, 0.1) is 5.92 Å². The van der Waals surface area contributed by atoms with Crippen LogP contribution in [0.3, 0.4) is 0 Å². The van der Waals surface area contributed by atoms with Gasteiger partial charge in [0.25, 0.3) is 0 Å². The van der Waals surface area contributed by atoms with E-state index in [1.54, 1.807) is 0 Å². The van der Waals surface area contributed by atoms with Crippen molar-refractivity contribution < 1.29 is 19.9 Å². The molecule has 23 heavy (non-hydrogen) atoms. The van der Waals surface area contributed by atoms with Crippen molar-refractivity contribution in [3.8, 4) is 0 Å². The fourth-order valence-corrected chi connectivity index (χ4v) is 4.28. The summed E-state index contributed by atoms with van der Waals surface area (Å²) in [6.45, 7) is 1.91. The molecule has 1 atom stereocenters. The summed E-state index contributed by atoms with van der Waals surface area (Å²) in [6.07, 6.45) is 8.77. The Morgan fingerprint density at radius 2 is 1.74 bits per heavy atom. The number of nitrogens with zero attached hydrogens (tertiary/aromatic N) is 1. The molecule has 0 aromatic carbocycles. The molecule has 1 aliphatic carbocycles. The molecule has 0 spiro atoms. The highest BCUT2D eigenvalue weighted by atomic mass is 16.4. The number of carbonyl (C=O) groups is 1. The molecule has 1 saturated carbocycles. The average Bonchev–Trinajstić information content (AvgIpc) is 3.05. The van der Waals surface area contributed by atoms with Gasteiger partial charge in [0, 0.05) is 6.04 Å². The zero-order chi connectivity index (χ0) is 16.9. The minimum Gasteiger partial charge on any atom is -0.480 e. The molecule has 132 valence electrons. The number of carboxylic acids is 1. The summed E-state index contributed by atoms with van der Waals surface area (Å²) in [5.41, 5.74) is 5.11. The maximum atomic E-state index is 11.7. The van der Waals surface area contributed by atoms with Crippen LogP contribution in [0.2, 0.25) is 6.32 Å². The molecule has 1 unspecified atom stereocenters. The first kappa shape index (κ1) is 18.7. The van der Waals surface area contributed by atoms with Crippen LogP contribution in [0.1, 0.15) is 57.8 Å². The van der Waals surface area contributed by atoms with Crippen LogP contribution in [0.15, 0.2) is 0 Å². The number of carboxylic acid groups (broad SMARTS) is 1. The topological polar surface area (TPSA) is 107 Å². The molecule has 0 radical (unpaired) electrons. The molecule has 2 aliphatic rings. The van der Waals surface area contributed by atoms with E-state index in [0.717, 1.165) is 25.9 Å². The minimum absolute atomic E-state index is 0.0108. The van der Waals surface area contributed by atoms with Crippen LogP contribution in [0.4, 0.5) is 0 Å². The fraction of sp³-hybridized carbons (Fsp3) is 0.938.